The van der Waals surface area contributed by atoms with E-state index in [1.54, 1.807) is 18.2 Å². The Bertz CT molecular complexity index is 656. The lowest BCUT2D eigenvalue weighted by atomic mass is 9.89. The Morgan fingerprint density at radius 2 is 2.10 bits per heavy atom. The number of amides is 1. The van der Waals surface area contributed by atoms with E-state index in [1.165, 1.54) is 0 Å². The van der Waals surface area contributed by atoms with Gasteiger partial charge in [-0.25, -0.2) is 0 Å². The number of benzene rings is 1. The highest BCUT2D eigenvalue weighted by molar-refractivity contribution is 6.35. The number of fused-ring (bicyclic) bond motifs is 1. The molecule has 0 saturated carbocycles. The number of halogens is 2. The van der Waals surface area contributed by atoms with Crippen LogP contribution in [0.4, 0.5) is 5.69 Å². The molecule has 1 aromatic carbocycles. The van der Waals surface area contributed by atoms with Gasteiger partial charge in [0.05, 0.1) is 22.1 Å². The summed E-state index contributed by atoms with van der Waals surface area (Å²) in [7, 11) is 0. The fourth-order valence-electron chi connectivity index (χ4n) is 2.34. The first-order valence-electron chi connectivity index (χ1n) is 6.28. The molecule has 3 rings (SSSR count). The van der Waals surface area contributed by atoms with E-state index in [9.17, 15) is 4.79 Å². The molecule has 0 saturated heterocycles. The SMILES string of the molecule is O=C(Nc1cc(Cl)ccc1Cl)C1CCc2n[nH]nc2C1. The minimum Gasteiger partial charge on any atom is -0.324 e. The minimum atomic E-state index is -0.123. The summed E-state index contributed by atoms with van der Waals surface area (Å²) in [5.41, 5.74) is 2.36. The molecule has 1 heterocycles. The highest BCUT2D eigenvalue weighted by Crippen LogP contribution is 2.28. The van der Waals surface area contributed by atoms with Gasteiger partial charge in [-0.2, -0.15) is 15.4 Å². The van der Waals surface area contributed by atoms with Crippen molar-refractivity contribution in [2.75, 3.05) is 5.32 Å². The standard InChI is InChI=1S/C13H12Cl2N4O/c14-8-2-3-9(15)11(6-8)16-13(20)7-1-4-10-12(5-7)18-19-17-10/h2-3,6-7H,1,4-5H2,(H,16,20)(H,17,18,19). The number of nitrogens with one attached hydrogen (secondary N) is 2. The van der Waals surface area contributed by atoms with Crippen molar-refractivity contribution in [2.24, 2.45) is 5.92 Å². The maximum Gasteiger partial charge on any atom is 0.227 e. The van der Waals surface area contributed by atoms with Gasteiger partial charge < -0.3 is 5.32 Å². The predicted octanol–water partition coefficient (Wildman–Crippen LogP) is 2.86. The smallest absolute Gasteiger partial charge is 0.227 e. The number of anilines is 1. The van der Waals surface area contributed by atoms with E-state index >= 15 is 0 Å². The molecule has 0 radical (unpaired) electrons. The van der Waals surface area contributed by atoms with E-state index < -0.39 is 0 Å². The number of hydrogen-bond acceptors (Lipinski definition) is 3. The van der Waals surface area contributed by atoms with Gasteiger partial charge in [0.15, 0.2) is 0 Å². The lowest BCUT2D eigenvalue weighted by Gasteiger charge is -2.20. The summed E-state index contributed by atoms with van der Waals surface area (Å²) in [6.07, 6.45) is 2.10. The van der Waals surface area contributed by atoms with Crippen LogP contribution in [-0.2, 0) is 17.6 Å². The van der Waals surface area contributed by atoms with Gasteiger partial charge in [0.2, 0.25) is 5.91 Å². The number of aromatic amines is 1. The number of carbonyl (C=O) groups excluding carboxylic acids is 1. The summed E-state index contributed by atoms with van der Waals surface area (Å²) in [4.78, 5) is 12.3. The van der Waals surface area contributed by atoms with Crippen LogP contribution in [0.15, 0.2) is 18.2 Å². The Labute approximate surface area is 125 Å². The zero-order valence-electron chi connectivity index (χ0n) is 10.5. The molecule has 2 N–H and O–H groups in total. The third-order valence-electron chi connectivity index (χ3n) is 3.43. The van der Waals surface area contributed by atoms with Crippen molar-refractivity contribution >= 4 is 34.8 Å². The molecule has 0 fully saturated rings. The quantitative estimate of drug-likeness (QED) is 0.896. The topological polar surface area (TPSA) is 70.7 Å². The van der Waals surface area contributed by atoms with Gasteiger partial charge in [0.25, 0.3) is 0 Å². The fraction of sp³-hybridized carbons (Fsp3) is 0.308. The number of H-pyrrole nitrogens is 1. The summed E-state index contributed by atoms with van der Waals surface area (Å²) < 4.78 is 0. The van der Waals surface area contributed by atoms with Crippen LogP contribution in [0.3, 0.4) is 0 Å². The van der Waals surface area contributed by atoms with Gasteiger partial charge in [0.1, 0.15) is 0 Å². The predicted molar refractivity (Wildman–Crippen MR) is 77.0 cm³/mol. The second kappa shape index (κ2) is 5.42. The Morgan fingerprint density at radius 3 is 2.95 bits per heavy atom. The van der Waals surface area contributed by atoms with E-state index in [4.69, 9.17) is 23.2 Å². The van der Waals surface area contributed by atoms with Crippen LogP contribution >= 0.6 is 23.2 Å². The van der Waals surface area contributed by atoms with Crippen molar-refractivity contribution in [3.8, 4) is 0 Å². The van der Waals surface area contributed by atoms with Crippen molar-refractivity contribution in [3.05, 3.63) is 39.6 Å². The average molecular weight is 311 g/mol. The van der Waals surface area contributed by atoms with Gasteiger partial charge in [-0.1, -0.05) is 23.2 Å². The van der Waals surface area contributed by atoms with Gasteiger partial charge in [0, 0.05) is 17.4 Å². The Morgan fingerprint density at radius 1 is 1.30 bits per heavy atom. The molecule has 1 aliphatic carbocycles. The zero-order valence-corrected chi connectivity index (χ0v) is 12.0. The first-order valence-corrected chi connectivity index (χ1v) is 7.03. The molecule has 7 heteroatoms. The second-order valence-corrected chi connectivity index (χ2v) is 5.61. The van der Waals surface area contributed by atoms with E-state index in [1.807, 2.05) is 0 Å². The van der Waals surface area contributed by atoms with Gasteiger partial charge in [-0.3, -0.25) is 4.79 Å². The normalized spacial score (nSPS) is 17.6. The molecule has 2 aromatic rings. The van der Waals surface area contributed by atoms with Crippen molar-refractivity contribution in [1.82, 2.24) is 15.4 Å². The molecule has 1 atom stereocenters. The van der Waals surface area contributed by atoms with Gasteiger partial charge in [-0.15, -0.1) is 0 Å². The average Bonchev–Trinajstić information content (AvgIpc) is 2.90. The maximum atomic E-state index is 12.3. The molecule has 1 aromatic heterocycles. The number of carbonyl (C=O) groups is 1. The highest BCUT2D eigenvalue weighted by Gasteiger charge is 2.27. The lowest BCUT2D eigenvalue weighted by molar-refractivity contribution is -0.120. The largest absolute Gasteiger partial charge is 0.324 e. The van der Waals surface area contributed by atoms with Crippen LogP contribution in [0.5, 0.6) is 0 Å². The van der Waals surface area contributed by atoms with Crippen LogP contribution < -0.4 is 5.32 Å². The van der Waals surface area contributed by atoms with E-state index in [0.29, 0.717) is 22.2 Å². The number of rotatable bonds is 2. The molecular weight excluding hydrogens is 299 g/mol. The molecule has 5 nitrogen and oxygen atoms in total. The highest BCUT2D eigenvalue weighted by atomic mass is 35.5. The first kappa shape index (κ1) is 13.4. The van der Waals surface area contributed by atoms with Crippen LogP contribution in [0.25, 0.3) is 0 Å². The monoisotopic (exact) mass is 310 g/mol. The van der Waals surface area contributed by atoms with Crippen molar-refractivity contribution in [3.63, 3.8) is 0 Å². The number of hydrogen-bond donors (Lipinski definition) is 2. The summed E-state index contributed by atoms with van der Waals surface area (Å²) in [6, 6.07) is 4.99. The number of aryl methyl sites for hydroxylation is 1. The van der Waals surface area contributed by atoms with Crippen LogP contribution in [0.2, 0.25) is 10.0 Å². The van der Waals surface area contributed by atoms with E-state index in [0.717, 1.165) is 24.2 Å². The Kier molecular flexibility index (Phi) is 3.63. The molecule has 0 bridgehead atoms. The molecule has 20 heavy (non-hydrogen) atoms. The maximum absolute atomic E-state index is 12.3. The second-order valence-electron chi connectivity index (χ2n) is 4.77. The van der Waals surface area contributed by atoms with Crippen LogP contribution in [0, 0.1) is 5.92 Å². The molecule has 104 valence electrons. The lowest BCUT2D eigenvalue weighted by Crippen LogP contribution is -2.28. The van der Waals surface area contributed by atoms with Gasteiger partial charge in [-0.05, 0) is 31.0 Å². The van der Waals surface area contributed by atoms with Crippen LogP contribution in [0.1, 0.15) is 17.8 Å². The van der Waals surface area contributed by atoms with Gasteiger partial charge >= 0.3 is 0 Å². The van der Waals surface area contributed by atoms with Crippen LogP contribution in [-0.4, -0.2) is 21.3 Å². The minimum absolute atomic E-state index is 0.0668. The Hall–Kier alpha value is -1.59. The number of nitrogens with zero attached hydrogens (tertiary/aromatic N) is 2. The summed E-state index contributed by atoms with van der Waals surface area (Å²) in [6.45, 7) is 0. The third kappa shape index (κ3) is 2.64. The van der Waals surface area contributed by atoms with Crippen molar-refractivity contribution < 1.29 is 4.79 Å². The third-order valence-corrected chi connectivity index (χ3v) is 3.99. The first-order chi connectivity index (χ1) is 9.63. The molecule has 0 aliphatic heterocycles. The van der Waals surface area contributed by atoms with Crippen molar-refractivity contribution in [1.29, 1.82) is 0 Å². The molecule has 1 amide bonds. The molecular formula is C13H12Cl2N4O. The molecule has 1 aliphatic rings. The van der Waals surface area contributed by atoms with E-state index in [2.05, 4.69) is 20.7 Å². The summed E-state index contributed by atoms with van der Waals surface area (Å²) in [5, 5.41) is 14.6. The zero-order chi connectivity index (χ0) is 14.1. The number of aromatic nitrogens is 3. The molecule has 0 spiro atoms. The molecule has 1 unspecified atom stereocenters. The Balaban J connectivity index is 1.73. The summed E-state index contributed by atoms with van der Waals surface area (Å²) in [5.74, 6) is -0.189. The van der Waals surface area contributed by atoms with Crippen molar-refractivity contribution in [2.45, 2.75) is 19.3 Å². The van der Waals surface area contributed by atoms with E-state index in [-0.39, 0.29) is 11.8 Å². The fourth-order valence-corrected chi connectivity index (χ4v) is 2.67. The summed E-state index contributed by atoms with van der Waals surface area (Å²) >= 11 is 11.9.